The number of hydrogen-bond donors (Lipinski definition) is 1. The van der Waals surface area contributed by atoms with Crippen molar-refractivity contribution in [3.8, 4) is 0 Å². The van der Waals surface area contributed by atoms with Crippen molar-refractivity contribution in [1.82, 2.24) is 14.5 Å². The summed E-state index contributed by atoms with van der Waals surface area (Å²) < 4.78 is 15.2. The van der Waals surface area contributed by atoms with E-state index in [2.05, 4.69) is 25.9 Å². The Hall–Kier alpha value is -1.69. The van der Waals surface area contributed by atoms with Crippen LogP contribution in [-0.4, -0.2) is 14.5 Å². The minimum Gasteiger partial charge on any atom is -0.305 e. The molecule has 0 aliphatic heterocycles. The fraction of sp³-hybridized carbons (Fsp3) is 0.0909. The quantitative estimate of drug-likeness (QED) is 0.692. The van der Waals surface area contributed by atoms with Crippen molar-refractivity contribution >= 4 is 37.9 Å². The normalized spacial score (nSPS) is 11.5. The lowest BCUT2D eigenvalue weighted by Gasteiger charge is -2.01. The minimum atomic E-state index is -0.373. The molecule has 3 aromatic rings. The molecule has 0 aliphatic carbocycles. The molecule has 2 heterocycles. The highest BCUT2D eigenvalue weighted by Gasteiger charge is 2.10. The molecule has 4 nitrogen and oxygen atoms in total. The fourth-order valence-electron chi connectivity index (χ4n) is 1.86. The van der Waals surface area contributed by atoms with E-state index in [0.717, 1.165) is 0 Å². The van der Waals surface area contributed by atoms with E-state index in [1.165, 1.54) is 10.6 Å². The summed E-state index contributed by atoms with van der Waals surface area (Å²) in [7, 11) is 1.66. The monoisotopic (exact) mass is 295 g/mol. The third kappa shape index (κ3) is 1.40. The van der Waals surface area contributed by atoms with Crippen LogP contribution in [0.5, 0.6) is 0 Å². The number of aryl methyl sites for hydroxylation is 1. The summed E-state index contributed by atoms with van der Waals surface area (Å²) in [5.41, 5.74) is 1.67. The number of fused-ring (bicyclic) bond motifs is 3. The number of nitrogens with one attached hydrogen (secondary N) is 1. The topological polar surface area (TPSA) is 50.7 Å². The molecule has 1 aromatic carbocycles. The molecule has 0 saturated heterocycles. The van der Waals surface area contributed by atoms with Crippen LogP contribution in [0.15, 0.2) is 27.6 Å². The predicted molar refractivity (Wildman–Crippen MR) is 66.5 cm³/mol. The van der Waals surface area contributed by atoms with E-state index in [1.807, 2.05) is 0 Å². The van der Waals surface area contributed by atoms with Crippen LogP contribution in [0.1, 0.15) is 0 Å². The fourth-order valence-corrected chi connectivity index (χ4v) is 2.21. The predicted octanol–water partition coefficient (Wildman–Crippen LogP) is 2.32. The van der Waals surface area contributed by atoms with E-state index < -0.39 is 0 Å². The number of aromatic nitrogens is 3. The first-order chi connectivity index (χ1) is 8.08. The van der Waals surface area contributed by atoms with Crippen molar-refractivity contribution in [2.24, 2.45) is 7.05 Å². The van der Waals surface area contributed by atoms with Gasteiger partial charge >= 0.3 is 5.69 Å². The van der Waals surface area contributed by atoms with Crippen molar-refractivity contribution < 1.29 is 4.39 Å². The molecule has 0 unspecified atom stereocenters. The highest BCUT2D eigenvalue weighted by atomic mass is 79.9. The van der Waals surface area contributed by atoms with Gasteiger partial charge < -0.3 is 4.98 Å². The Morgan fingerprint density at radius 2 is 2.24 bits per heavy atom. The van der Waals surface area contributed by atoms with Crippen molar-refractivity contribution in [2.75, 3.05) is 0 Å². The number of H-pyrrole nitrogens is 1. The number of halogens is 2. The van der Waals surface area contributed by atoms with Gasteiger partial charge in [0.2, 0.25) is 0 Å². The van der Waals surface area contributed by atoms with E-state index in [0.29, 0.717) is 26.4 Å². The first-order valence-electron chi connectivity index (χ1n) is 4.90. The van der Waals surface area contributed by atoms with Crippen molar-refractivity contribution in [1.29, 1.82) is 0 Å². The van der Waals surface area contributed by atoms with Crippen LogP contribution in [-0.2, 0) is 7.05 Å². The smallest absolute Gasteiger partial charge is 0.305 e. The lowest BCUT2D eigenvalue weighted by molar-refractivity contribution is 0.623. The van der Waals surface area contributed by atoms with Gasteiger partial charge in [0.05, 0.1) is 27.2 Å². The first kappa shape index (κ1) is 10.5. The molecule has 0 amide bonds. The van der Waals surface area contributed by atoms with E-state index >= 15 is 0 Å². The molecular formula is C11H7BrFN3O. The second-order valence-electron chi connectivity index (χ2n) is 3.79. The summed E-state index contributed by atoms with van der Waals surface area (Å²) in [6, 6.07) is 2.96. The third-order valence-electron chi connectivity index (χ3n) is 2.79. The Balaban J connectivity index is 2.59. The molecule has 0 atom stereocenters. The van der Waals surface area contributed by atoms with Gasteiger partial charge in [0.15, 0.2) is 0 Å². The van der Waals surface area contributed by atoms with Gasteiger partial charge in [-0.05, 0) is 22.0 Å². The highest BCUT2D eigenvalue weighted by Crippen LogP contribution is 2.26. The van der Waals surface area contributed by atoms with E-state index in [9.17, 15) is 9.18 Å². The molecule has 0 radical (unpaired) electrons. The standard InChI is InChI=1S/C11H7BrFN3O/c1-16-9-4-14-8-3-7(13)6(12)2-5(8)10(9)15-11(16)17/h2-4H,1H3,(H,15,17). The Morgan fingerprint density at radius 1 is 1.47 bits per heavy atom. The Morgan fingerprint density at radius 3 is 3.00 bits per heavy atom. The van der Waals surface area contributed by atoms with Gasteiger partial charge in [0.25, 0.3) is 0 Å². The summed E-state index contributed by atoms with van der Waals surface area (Å²) >= 11 is 3.13. The molecule has 0 spiro atoms. The second-order valence-corrected chi connectivity index (χ2v) is 4.65. The van der Waals surface area contributed by atoms with Gasteiger partial charge in [-0.3, -0.25) is 9.55 Å². The molecule has 0 saturated carbocycles. The Kier molecular flexibility index (Phi) is 2.09. The van der Waals surface area contributed by atoms with Crippen molar-refractivity contribution in [2.45, 2.75) is 0 Å². The van der Waals surface area contributed by atoms with Gasteiger partial charge in [-0.25, -0.2) is 9.18 Å². The van der Waals surface area contributed by atoms with E-state index in [1.54, 1.807) is 19.3 Å². The maximum atomic E-state index is 13.4. The second kappa shape index (κ2) is 3.40. The van der Waals surface area contributed by atoms with Crippen LogP contribution in [0.25, 0.3) is 21.9 Å². The highest BCUT2D eigenvalue weighted by molar-refractivity contribution is 9.10. The summed E-state index contributed by atoms with van der Waals surface area (Å²) in [5, 5.41) is 0.716. The van der Waals surface area contributed by atoms with Crippen LogP contribution >= 0.6 is 15.9 Å². The number of hydrogen-bond acceptors (Lipinski definition) is 2. The van der Waals surface area contributed by atoms with Gasteiger partial charge in [-0.15, -0.1) is 0 Å². The van der Waals surface area contributed by atoms with E-state index in [4.69, 9.17) is 0 Å². The summed E-state index contributed by atoms with van der Waals surface area (Å²) in [5.74, 6) is -0.373. The molecular weight excluding hydrogens is 289 g/mol. The molecule has 1 N–H and O–H groups in total. The molecule has 86 valence electrons. The largest absolute Gasteiger partial charge is 0.326 e. The zero-order valence-corrected chi connectivity index (χ0v) is 10.4. The Labute approximate surface area is 103 Å². The van der Waals surface area contributed by atoms with Crippen LogP contribution in [0.2, 0.25) is 0 Å². The number of imidazole rings is 1. The first-order valence-corrected chi connectivity index (χ1v) is 5.69. The molecule has 6 heteroatoms. The number of pyridine rings is 1. The van der Waals surface area contributed by atoms with Gasteiger partial charge in [-0.2, -0.15) is 0 Å². The van der Waals surface area contributed by atoms with Crippen molar-refractivity contribution in [3.63, 3.8) is 0 Å². The van der Waals surface area contributed by atoms with Gasteiger partial charge in [0, 0.05) is 18.5 Å². The average Bonchev–Trinajstić information content (AvgIpc) is 2.58. The lowest BCUT2D eigenvalue weighted by atomic mass is 10.2. The van der Waals surface area contributed by atoms with Crippen molar-refractivity contribution in [3.05, 3.63) is 39.1 Å². The van der Waals surface area contributed by atoms with Crippen LogP contribution in [0.4, 0.5) is 4.39 Å². The third-order valence-corrected chi connectivity index (χ3v) is 3.40. The number of rotatable bonds is 0. The zero-order chi connectivity index (χ0) is 12.2. The van der Waals surface area contributed by atoms with Crippen LogP contribution in [0.3, 0.4) is 0 Å². The summed E-state index contributed by atoms with van der Waals surface area (Å²) in [4.78, 5) is 18.4. The molecule has 3 rings (SSSR count). The molecule has 17 heavy (non-hydrogen) atoms. The lowest BCUT2D eigenvalue weighted by Crippen LogP contribution is -2.11. The average molecular weight is 296 g/mol. The van der Waals surface area contributed by atoms with Gasteiger partial charge in [0.1, 0.15) is 5.82 Å². The number of aromatic amines is 1. The molecule has 2 aromatic heterocycles. The number of nitrogens with zero attached hydrogens (tertiary/aromatic N) is 2. The van der Waals surface area contributed by atoms with Crippen LogP contribution < -0.4 is 5.69 Å². The van der Waals surface area contributed by atoms with E-state index in [-0.39, 0.29) is 11.5 Å². The minimum absolute atomic E-state index is 0.213. The zero-order valence-electron chi connectivity index (χ0n) is 8.79. The Bertz CT molecular complexity index is 806. The molecule has 0 bridgehead atoms. The maximum absolute atomic E-state index is 13.4. The molecule has 0 aliphatic rings. The van der Waals surface area contributed by atoms with Crippen LogP contribution in [0, 0.1) is 5.82 Å². The summed E-state index contributed by atoms with van der Waals surface area (Å²) in [6.07, 6.45) is 1.56. The molecule has 0 fully saturated rings. The number of benzene rings is 1. The maximum Gasteiger partial charge on any atom is 0.326 e. The van der Waals surface area contributed by atoms with Gasteiger partial charge in [-0.1, -0.05) is 0 Å². The summed E-state index contributed by atoms with van der Waals surface area (Å²) in [6.45, 7) is 0. The SMILES string of the molecule is Cn1c(=O)[nH]c2c3cc(Br)c(F)cc3ncc21.